The third kappa shape index (κ3) is 4.12. The average Bonchev–Trinajstić information content (AvgIpc) is 3.03. The first-order chi connectivity index (χ1) is 12.0. The largest absolute Gasteiger partial charge is 0.493 e. The van der Waals surface area contributed by atoms with Gasteiger partial charge in [0.1, 0.15) is 5.52 Å². The highest BCUT2D eigenvalue weighted by atomic mass is 16.6. The van der Waals surface area contributed by atoms with Crippen LogP contribution in [0.15, 0.2) is 46.9 Å². The molecule has 3 rings (SSSR count). The molecule has 5 heteroatoms. The van der Waals surface area contributed by atoms with Crippen molar-refractivity contribution in [2.45, 2.75) is 38.7 Å². The second-order valence-corrected chi connectivity index (χ2v) is 6.39. The van der Waals surface area contributed by atoms with E-state index in [9.17, 15) is 5.11 Å². The van der Waals surface area contributed by atoms with Crippen molar-refractivity contribution in [3.05, 3.63) is 48.0 Å². The summed E-state index contributed by atoms with van der Waals surface area (Å²) in [5.74, 6) is 1.15. The second-order valence-electron chi connectivity index (χ2n) is 6.39. The number of fused-ring (bicyclic) bond motifs is 1. The number of oxazole rings is 1. The van der Waals surface area contributed by atoms with Gasteiger partial charge in [-0.15, -0.1) is 0 Å². The van der Waals surface area contributed by atoms with Gasteiger partial charge in [-0.2, -0.15) is 4.98 Å². The molecule has 2 aromatic carbocycles. The first-order valence-electron chi connectivity index (χ1n) is 8.43. The Hall–Kier alpha value is -2.53. The van der Waals surface area contributed by atoms with Crippen molar-refractivity contribution in [1.82, 2.24) is 4.98 Å². The van der Waals surface area contributed by atoms with E-state index in [1.54, 1.807) is 7.11 Å². The predicted molar refractivity (Wildman–Crippen MR) is 96.3 cm³/mol. The third-order valence-electron chi connectivity index (χ3n) is 4.41. The van der Waals surface area contributed by atoms with E-state index in [1.807, 2.05) is 56.3 Å². The van der Waals surface area contributed by atoms with Gasteiger partial charge in [-0.1, -0.05) is 25.1 Å². The molecule has 0 aliphatic heterocycles. The Morgan fingerprint density at radius 2 is 1.96 bits per heavy atom. The van der Waals surface area contributed by atoms with Gasteiger partial charge in [0.2, 0.25) is 0 Å². The minimum atomic E-state index is -0.652. The molecule has 25 heavy (non-hydrogen) atoms. The first-order valence-corrected chi connectivity index (χ1v) is 8.43. The second kappa shape index (κ2) is 7.15. The van der Waals surface area contributed by atoms with Gasteiger partial charge in [-0.3, -0.25) is 0 Å². The van der Waals surface area contributed by atoms with E-state index < -0.39 is 5.60 Å². The highest BCUT2D eigenvalue weighted by Crippen LogP contribution is 2.34. The van der Waals surface area contributed by atoms with Crippen LogP contribution in [0.25, 0.3) is 11.1 Å². The highest BCUT2D eigenvalue weighted by molar-refractivity contribution is 5.72. The number of nitrogens with zero attached hydrogens (tertiary/aromatic N) is 1. The molecule has 0 aliphatic rings. The van der Waals surface area contributed by atoms with E-state index in [1.165, 1.54) is 0 Å². The van der Waals surface area contributed by atoms with Crippen molar-refractivity contribution in [2.24, 2.45) is 0 Å². The lowest BCUT2D eigenvalue weighted by molar-refractivity contribution is 0.0473. The number of aryl methyl sites for hydroxylation is 1. The zero-order valence-corrected chi connectivity index (χ0v) is 14.8. The fraction of sp³-hybridized carbons (Fsp3) is 0.350. The maximum absolute atomic E-state index is 10.2. The Morgan fingerprint density at radius 1 is 1.16 bits per heavy atom. The molecule has 0 radical (unpaired) electrons. The number of para-hydroxylation sites is 2. The van der Waals surface area contributed by atoms with E-state index in [0.717, 1.165) is 23.9 Å². The van der Waals surface area contributed by atoms with Crippen molar-refractivity contribution in [3.8, 4) is 17.6 Å². The molecule has 0 saturated heterocycles. The smallest absolute Gasteiger partial charge is 0.400 e. The summed E-state index contributed by atoms with van der Waals surface area (Å²) in [6.07, 6.45) is 2.36. The number of hydrogen-bond donors (Lipinski definition) is 1. The molecule has 0 aliphatic carbocycles. The van der Waals surface area contributed by atoms with Crippen LogP contribution in [0.4, 0.5) is 0 Å². The molecule has 0 spiro atoms. The first kappa shape index (κ1) is 17.3. The number of hydrogen-bond acceptors (Lipinski definition) is 5. The summed E-state index contributed by atoms with van der Waals surface area (Å²) in [4.78, 5) is 4.31. The molecule has 132 valence electrons. The van der Waals surface area contributed by atoms with E-state index in [0.29, 0.717) is 23.5 Å². The van der Waals surface area contributed by atoms with Gasteiger partial charge in [0, 0.05) is 0 Å². The highest BCUT2D eigenvalue weighted by Gasteiger charge is 2.18. The lowest BCUT2D eigenvalue weighted by Crippen LogP contribution is -2.23. The predicted octanol–water partition coefficient (Wildman–Crippen LogP) is 4.72. The van der Waals surface area contributed by atoms with E-state index >= 15 is 0 Å². The summed E-state index contributed by atoms with van der Waals surface area (Å²) in [6, 6.07) is 13.2. The zero-order chi connectivity index (χ0) is 17.9. The minimum absolute atomic E-state index is 0.182. The molecular weight excluding hydrogens is 318 g/mol. The van der Waals surface area contributed by atoms with Gasteiger partial charge in [0.05, 0.1) is 12.7 Å². The van der Waals surface area contributed by atoms with Gasteiger partial charge in [-0.05, 0) is 56.0 Å². The van der Waals surface area contributed by atoms with Crippen LogP contribution in [-0.2, 0) is 6.42 Å². The van der Waals surface area contributed by atoms with E-state index in [4.69, 9.17) is 13.9 Å². The average molecular weight is 341 g/mol. The fourth-order valence-electron chi connectivity index (χ4n) is 2.53. The lowest BCUT2D eigenvalue weighted by atomic mass is 9.94. The Bertz CT molecular complexity index is 821. The van der Waals surface area contributed by atoms with Crippen LogP contribution in [0.1, 0.15) is 32.3 Å². The summed E-state index contributed by atoms with van der Waals surface area (Å²) in [6.45, 7) is 3.84. The monoisotopic (exact) mass is 341 g/mol. The topological polar surface area (TPSA) is 64.7 Å². The molecule has 5 nitrogen and oxygen atoms in total. The molecule has 1 N–H and O–H groups in total. The fourth-order valence-corrected chi connectivity index (χ4v) is 2.53. The van der Waals surface area contributed by atoms with Gasteiger partial charge < -0.3 is 19.0 Å². The summed E-state index contributed by atoms with van der Waals surface area (Å²) in [5.41, 5.74) is 1.85. The SMILES string of the molecule is CCC(C)(O)CCc1ccc(Oc2nc3ccccc3o2)c(OC)c1. The minimum Gasteiger partial charge on any atom is -0.493 e. The lowest BCUT2D eigenvalue weighted by Gasteiger charge is -2.21. The van der Waals surface area contributed by atoms with Crippen molar-refractivity contribution in [2.75, 3.05) is 7.11 Å². The molecular formula is C20H23NO4. The maximum Gasteiger partial charge on any atom is 0.400 e. The van der Waals surface area contributed by atoms with Crippen LogP contribution < -0.4 is 9.47 Å². The number of rotatable bonds is 7. The number of methoxy groups -OCH3 is 1. The van der Waals surface area contributed by atoms with Crippen LogP contribution in [0, 0.1) is 0 Å². The molecule has 0 bridgehead atoms. The molecule has 1 heterocycles. The van der Waals surface area contributed by atoms with Crippen LogP contribution >= 0.6 is 0 Å². The number of aliphatic hydroxyl groups is 1. The number of benzene rings is 2. The quantitative estimate of drug-likeness (QED) is 0.673. The summed E-state index contributed by atoms with van der Waals surface area (Å²) >= 11 is 0. The standard InChI is InChI=1S/C20H23NO4/c1-4-20(2,22)12-11-14-9-10-17(18(13-14)23-3)25-19-21-15-7-5-6-8-16(15)24-19/h5-10,13,22H,4,11-12H2,1-3H3. The molecule has 1 aromatic heterocycles. The third-order valence-corrected chi connectivity index (χ3v) is 4.41. The molecule has 0 saturated carbocycles. The summed E-state index contributed by atoms with van der Waals surface area (Å²) in [5, 5.41) is 10.2. The van der Waals surface area contributed by atoms with Gasteiger partial charge in [0.15, 0.2) is 17.1 Å². The number of ether oxygens (including phenoxy) is 2. The van der Waals surface area contributed by atoms with Gasteiger partial charge >= 0.3 is 6.08 Å². The van der Waals surface area contributed by atoms with E-state index in [2.05, 4.69) is 4.98 Å². The Morgan fingerprint density at radius 3 is 2.68 bits per heavy atom. The summed E-state index contributed by atoms with van der Waals surface area (Å²) in [7, 11) is 1.60. The van der Waals surface area contributed by atoms with Crippen molar-refractivity contribution >= 4 is 11.1 Å². The van der Waals surface area contributed by atoms with Crippen LogP contribution in [0.5, 0.6) is 17.6 Å². The molecule has 0 amide bonds. The maximum atomic E-state index is 10.2. The molecule has 3 aromatic rings. The van der Waals surface area contributed by atoms with Gasteiger partial charge in [-0.25, -0.2) is 0 Å². The molecule has 1 unspecified atom stereocenters. The summed E-state index contributed by atoms with van der Waals surface area (Å²) < 4.78 is 16.8. The Balaban J connectivity index is 1.77. The zero-order valence-electron chi connectivity index (χ0n) is 14.8. The van der Waals surface area contributed by atoms with Gasteiger partial charge in [0.25, 0.3) is 0 Å². The Kier molecular flexibility index (Phi) is 4.95. The molecule has 0 fully saturated rings. The Labute approximate surface area is 147 Å². The van der Waals surface area contributed by atoms with Crippen molar-refractivity contribution in [3.63, 3.8) is 0 Å². The van der Waals surface area contributed by atoms with Crippen LogP contribution in [-0.4, -0.2) is 22.8 Å². The van der Waals surface area contributed by atoms with Crippen LogP contribution in [0.3, 0.4) is 0 Å². The van der Waals surface area contributed by atoms with Crippen molar-refractivity contribution < 1.29 is 19.0 Å². The molecule has 1 atom stereocenters. The van der Waals surface area contributed by atoms with Crippen molar-refractivity contribution in [1.29, 1.82) is 0 Å². The van der Waals surface area contributed by atoms with E-state index in [-0.39, 0.29) is 6.08 Å². The van der Waals surface area contributed by atoms with Crippen LogP contribution in [0.2, 0.25) is 0 Å². The number of aromatic nitrogens is 1. The normalized spacial score (nSPS) is 13.6.